The Bertz CT molecular complexity index is 465. The maximum absolute atomic E-state index is 11.1. The summed E-state index contributed by atoms with van der Waals surface area (Å²) in [5.41, 5.74) is 0.988. The highest BCUT2D eigenvalue weighted by atomic mass is 32.2. The summed E-state index contributed by atoms with van der Waals surface area (Å²) in [6, 6.07) is 7.56. The monoisotopic (exact) mass is 251 g/mol. The number of rotatable bonds is 2. The molecular weight excluding hydrogens is 242 g/mol. The van der Waals surface area contributed by atoms with E-state index in [2.05, 4.69) is 5.32 Å². The number of nitrogens with one attached hydrogen (secondary N) is 1. The van der Waals surface area contributed by atoms with Crippen molar-refractivity contribution >= 4 is 40.3 Å². The van der Waals surface area contributed by atoms with E-state index in [0.29, 0.717) is 4.99 Å². The van der Waals surface area contributed by atoms with Crippen molar-refractivity contribution in [2.45, 2.75) is 0 Å². The zero-order chi connectivity index (χ0) is 11.5. The quantitative estimate of drug-likeness (QED) is 0.648. The minimum Gasteiger partial charge on any atom is -0.497 e. The number of hydrogen-bond donors (Lipinski definition) is 1. The van der Waals surface area contributed by atoms with Crippen molar-refractivity contribution in [2.75, 3.05) is 7.11 Å². The first-order chi connectivity index (χ1) is 7.69. The Morgan fingerprint density at radius 3 is 2.56 bits per heavy atom. The first kappa shape index (κ1) is 11.2. The Labute approximate surface area is 103 Å². The fraction of sp³-hybridized carbons (Fsp3) is 0.0909. The molecule has 1 aromatic carbocycles. The lowest BCUT2D eigenvalue weighted by Crippen LogP contribution is -2.15. The maximum atomic E-state index is 11.1. The first-order valence-corrected chi connectivity index (χ1v) is 5.80. The minimum atomic E-state index is -0.121. The second kappa shape index (κ2) is 4.67. The molecule has 0 atom stereocenters. The minimum absolute atomic E-state index is 0.121. The summed E-state index contributed by atoms with van der Waals surface area (Å²) >= 11 is 6.14. The van der Waals surface area contributed by atoms with Gasteiger partial charge in [0.25, 0.3) is 5.24 Å². The number of amides is 1. The van der Waals surface area contributed by atoms with E-state index in [4.69, 9.17) is 17.0 Å². The molecule has 3 nitrogen and oxygen atoms in total. The van der Waals surface area contributed by atoms with Gasteiger partial charge in [-0.2, -0.15) is 0 Å². The van der Waals surface area contributed by atoms with Crippen LogP contribution in [-0.2, 0) is 0 Å². The summed E-state index contributed by atoms with van der Waals surface area (Å²) in [6.07, 6.45) is 1.88. The predicted molar refractivity (Wildman–Crippen MR) is 69.7 cm³/mol. The molecule has 0 aromatic heterocycles. The van der Waals surface area contributed by atoms with Gasteiger partial charge in [-0.15, -0.1) is 0 Å². The summed E-state index contributed by atoms with van der Waals surface area (Å²) in [7, 11) is 1.62. The van der Waals surface area contributed by atoms with Gasteiger partial charge >= 0.3 is 0 Å². The Balaban J connectivity index is 2.22. The SMILES string of the molecule is COc1ccc(/C=C2/SC(=O)NC2=S)cc1. The number of carbonyl (C=O) groups excluding carboxylic acids is 1. The number of thiocarbonyl (C=S) groups is 1. The van der Waals surface area contributed by atoms with Gasteiger partial charge in [0, 0.05) is 0 Å². The van der Waals surface area contributed by atoms with Crippen LogP contribution in [0.3, 0.4) is 0 Å². The van der Waals surface area contributed by atoms with E-state index < -0.39 is 0 Å². The fourth-order valence-corrected chi connectivity index (χ4v) is 2.31. The van der Waals surface area contributed by atoms with Crippen molar-refractivity contribution in [3.8, 4) is 5.75 Å². The van der Waals surface area contributed by atoms with Gasteiger partial charge in [0.05, 0.1) is 12.0 Å². The molecule has 1 saturated heterocycles. The number of ether oxygens (including phenoxy) is 1. The topological polar surface area (TPSA) is 38.3 Å². The molecule has 5 heteroatoms. The van der Waals surface area contributed by atoms with Gasteiger partial charge in [-0.1, -0.05) is 24.4 Å². The van der Waals surface area contributed by atoms with Crippen molar-refractivity contribution in [3.63, 3.8) is 0 Å². The zero-order valence-electron chi connectivity index (χ0n) is 8.52. The average molecular weight is 251 g/mol. The Morgan fingerprint density at radius 2 is 2.06 bits per heavy atom. The van der Waals surface area contributed by atoms with E-state index in [1.165, 1.54) is 0 Å². The Morgan fingerprint density at radius 1 is 1.38 bits per heavy atom. The summed E-state index contributed by atoms with van der Waals surface area (Å²) in [5.74, 6) is 0.804. The number of hydrogen-bond acceptors (Lipinski definition) is 4. The summed E-state index contributed by atoms with van der Waals surface area (Å²) < 4.78 is 5.06. The van der Waals surface area contributed by atoms with E-state index in [1.54, 1.807) is 7.11 Å². The highest BCUT2D eigenvalue weighted by Crippen LogP contribution is 2.26. The van der Waals surface area contributed by atoms with Crippen molar-refractivity contribution in [1.29, 1.82) is 0 Å². The van der Waals surface area contributed by atoms with Crippen LogP contribution in [0.1, 0.15) is 5.56 Å². The fourth-order valence-electron chi connectivity index (χ4n) is 1.27. The van der Waals surface area contributed by atoms with Crippen LogP contribution in [0.2, 0.25) is 0 Å². The van der Waals surface area contributed by atoms with Crippen LogP contribution >= 0.6 is 24.0 Å². The zero-order valence-corrected chi connectivity index (χ0v) is 10.2. The molecular formula is C11H9NO2S2. The largest absolute Gasteiger partial charge is 0.497 e. The molecule has 1 fully saturated rings. The van der Waals surface area contributed by atoms with Crippen LogP contribution < -0.4 is 10.1 Å². The normalized spacial score (nSPS) is 17.7. The van der Waals surface area contributed by atoms with Gasteiger partial charge in [-0.25, -0.2) is 0 Å². The highest BCUT2D eigenvalue weighted by molar-refractivity contribution is 8.19. The molecule has 0 aliphatic carbocycles. The van der Waals surface area contributed by atoms with Gasteiger partial charge in [0.1, 0.15) is 10.7 Å². The van der Waals surface area contributed by atoms with Crippen LogP contribution in [0.5, 0.6) is 5.75 Å². The third-order valence-electron chi connectivity index (χ3n) is 2.06. The molecule has 0 unspecified atom stereocenters. The van der Waals surface area contributed by atoms with E-state index in [9.17, 15) is 4.79 Å². The van der Waals surface area contributed by atoms with Crippen molar-refractivity contribution in [1.82, 2.24) is 5.32 Å². The first-order valence-electron chi connectivity index (χ1n) is 4.58. The average Bonchev–Trinajstić information content (AvgIpc) is 2.59. The molecule has 0 bridgehead atoms. The van der Waals surface area contributed by atoms with E-state index in [0.717, 1.165) is 28.0 Å². The number of methoxy groups -OCH3 is 1. The number of thioether (sulfide) groups is 1. The second-order valence-electron chi connectivity index (χ2n) is 3.13. The smallest absolute Gasteiger partial charge is 0.289 e. The lowest BCUT2D eigenvalue weighted by Gasteiger charge is -2.00. The van der Waals surface area contributed by atoms with Gasteiger partial charge in [0.15, 0.2) is 0 Å². The van der Waals surface area contributed by atoms with Crippen LogP contribution in [0.15, 0.2) is 29.2 Å². The Hall–Kier alpha value is -1.33. The summed E-state index contributed by atoms with van der Waals surface area (Å²) in [6.45, 7) is 0. The van der Waals surface area contributed by atoms with Crippen molar-refractivity contribution < 1.29 is 9.53 Å². The predicted octanol–water partition coefficient (Wildman–Crippen LogP) is 2.82. The Kier molecular flexibility index (Phi) is 3.26. The molecule has 0 saturated carbocycles. The third-order valence-corrected chi connectivity index (χ3v) is 3.34. The molecule has 2 rings (SSSR count). The van der Waals surface area contributed by atoms with Crippen LogP contribution in [0.25, 0.3) is 6.08 Å². The molecule has 1 aromatic rings. The third kappa shape index (κ3) is 2.43. The van der Waals surface area contributed by atoms with E-state index >= 15 is 0 Å². The van der Waals surface area contributed by atoms with Crippen LogP contribution in [-0.4, -0.2) is 17.3 Å². The highest BCUT2D eigenvalue weighted by Gasteiger charge is 2.21. The maximum Gasteiger partial charge on any atom is 0.289 e. The van der Waals surface area contributed by atoms with Crippen molar-refractivity contribution in [3.05, 3.63) is 34.7 Å². The van der Waals surface area contributed by atoms with E-state index in [-0.39, 0.29) is 5.24 Å². The van der Waals surface area contributed by atoms with Gasteiger partial charge in [-0.05, 0) is 35.5 Å². The van der Waals surface area contributed by atoms with Crippen LogP contribution in [0, 0.1) is 0 Å². The molecule has 1 aliphatic rings. The molecule has 0 spiro atoms. The molecule has 1 aliphatic heterocycles. The lowest BCUT2D eigenvalue weighted by atomic mass is 10.2. The summed E-state index contributed by atoms with van der Waals surface area (Å²) in [5, 5.41) is 2.45. The number of carbonyl (C=O) groups is 1. The van der Waals surface area contributed by atoms with E-state index in [1.807, 2.05) is 30.3 Å². The van der Waals surface area contributed by atoms with Gasteiger partial charge in [0.2, 0.25) is 0 Å². The molecule has 1 amide bonds. The molecule has 0 radical (unpaired) electrons. The molecule has 82 valence electrons. The standard InChI is InChI=1S/C11H9NO2S2/c1-14-8-4-2-7(3-5-8)6-9-10(15)12-11(13)16-9/h2-6H,1H3,(H,12,13,15)/b9-6+. The molecule has 1 heterocycles. The van der Waals surface area contributed by atoms with Crippen molar-refractivity contribution in [2.24, 2.45) is 0 Å². The van der Waals surface area contributed by atoms with Crippen LogP contribution in [0.4, 0.5) is 4.79 Å². The summed E-state index contributed by atoms with van der Waals surface area (Å²) in [4.78, 5) is 12.3. The lowest BCUT2D eigenvalue weighted by molar-refractivity contribution is 0.265. The number of benzene rings is 1. The molecule has 1 N–H and O–H groups in total. The molecule has 16 heavy (non-hydrogen) atoms. The van der Waals surface area contributed by atoms with Gasteiger partial charge in [-0.3, -0.25) is 4.79 Å². The van der Waals surface area contributed by atoms with Gasteiger partial charge < -0.3 is 10.1 Å². The second-order valence-corrected chi connectivity index (χ2v) is 4.55.